The number of hydrogen-bond donors (Lipinski definition) is 2. The lowest BCUT2D eigenvalue weighted by atomic mass is 10.1. The van der Waals surface area contributed by atoms with Crippen molar-refractivity contribution in [3.8, 4) is 17.6 Å². The van der Waals surface area contributed by atoms with E-state index in [1.165, 1.54) is 20.1 Å². The zero-order valence-electron chi connectivity index (χ0n) is 17.1. The van der Waals surface area contributed by atoms with Gasteiger partial charge >= 0.3 is 12.0 Å². The van der Waals surface area contributed by atoms with Crippen LogP contribution < -0.4 is 20.1 Å². The summed E-state index contributed by atoms with van der Waals surface area (Å²) in [5.41, 5.74) is 0.105. The van der Waals surface area contributed by atoms with E-state index in [1.807, 2.05) is 6.07 Å². The Morgan fingerprint density at radius 3 is 2.52 bits per heavy atom. The molecule has 1 aromatic rings. The summed E-state index contributed by atoms with van der Waals surface area (Å²) in [6.07, 6.45) is 1.45. The van der Waals surface area contributed by atoms with Crippen molar-refractivity contribution in [3.05, 3.63) is 29.8 Å². The Hall–Kier alpha value is -3.54. The molecular weight excluding hydrogens is 378 g/mol. The molecule has 2 N–H and O–H groups in total. The van der Waals surface area contributed by atoms with Crippen molar-refractivity contribution >= 4 is 24.0 Å². The highest BCUT2D eigenvalue weighted by Crippen LogP contribution is 2.28. The molecule has 0 heterocycles. The summed E-state index contributed by atoms with van der Waals surface area (Å²) in [4.78, 5) is 35.5. The zero-order chi connectivity index (χ0) is 22.0. The molecule has 29 heavy (non-hydrogen) atoms. The number of amides is 3. The fraction of sp³-hybridized carbons (Fsp3) is 0.400. The van der Waals surface area contributed by atoms with Gasteiger partial charge in [0.1, 0.15) is 6.07 Å². The van der Waals surface area contributed by atoms with Crippen LogP contribution in [0.25, 0.3) is 6.08 Å². The van der Waals surface area contributed by atoms with Gasteiger partial charge < -0.3 is 19.5 Å². The van der Waals surface area contributed by atoms with Gasteiger partial charge in [-0.15, -0.1) is 0 Å². The number of imide groups is 1. The standard InChI is InChI=1S/C20H25N3O6/c1-13(18(25)22-19(26)23-20(2,3)4)29-17(24)9-7-14-6-8-15(28-11-10-21)16(12-14)27-5/h6-9,12-13H,11H2,1-5H3,(H2,22,23,25,26)/b9-7+/t13-/m1/s1. The number of methoxy groups -OCH3 is 1. The van der Waals surface area contributed by atoms with E-state index in [9.17, 15) is 14.4 Å². The van der Waals surface area contributed by atoms with E-state index in [0.29, 0.717) is 17.1 Å². The fourth-order valence-electron chi connectivity index (χ4n) is 2.03. The van der Waals surface area contributed by atoms with E-state index in [-0.39, 0.29) is 6.61 Å². The van der Waals surface area contributed by atoms with Gasteiger partial charge in [-0.05, 0) is 51.5 Å². The van der Waals surface area contributed by atoms with Crippen molar-refractivity contribution in [2.24, 2.45) is 0 Å². The van der Waals surface area contributed by atoms with Gasteiger partial charge in [0.25, 0.3) is 5.91 Å². The van der Waals surface area contributed by atoms with Crippen LogP contribution in [-0.2, 0) is 14.3 Å². The van der Waals surface area contributed by atoms with Gasteiger partial charge in [0, 0.05) is 11.6 Å². The van der Waals surface area contributed by atoms with E-state index in [1.54, 1.807) is 39.0 Å². The Morgan fingerprint density at radius 2 is 1.93 bits per heavy atom. The van der Waals surface area contributed by atoms with Crippen LogP contribution in [0.4, 0.5) is 4.79 Å². The van der Waals surface area contributed by atoms with Gasteiger partial charge in [-0.25, -0.2) is 9.59 Å². The number of carbonyl (C=O) groups excluding carboxylic acids is 3. The number of nitrogens with one attached hydrogen (secondary N) is 2. The average Bonchev–Trinajstić information content (AvgIpc) is 2.63. The minimum atomic E-state index is -1.16. The number of benzene rings is 1. The highest BCUT2D eigenvalue weighted by atomic mass is 16.5. The Kier molecular flexibility index (Phi) is 8.68. The number of esters is 1. The van der Waals surface area contributed by atoms with Crippen LogP contribution in [0, 0.1) is 11.3 Å². The quantitative estimate of drug-likeness (QED) is 0.527. The first-order chi connectivity index (χ1) is 13.6. The summed E-state index contributed by atoms with van der Waals surface area (Å²) in [5, 5.41) is 13.2. The number of nitrogens with zero attached hydrogens (tertiary/aromatic N) is 1. The Balaban J connectivity index is 2.65. The number of hydrogen-bond acceptors (Lipinski definition) is 7. The molecule has 0 spiro atoms. The van der Waals surface area contributed by atoms with Gasteiger partial charge in [0.05, 0.1) is 7.11 Å². The SMILES string of the molecule is COc1cc(/C=C/C(=O)O[C@H](C)C(=O)NC(=O)NC(C)(C)C)ccc1OCC#N. The fourth-order valence-corrected chi connectivity index (χ4v) is 2.03. The second-order valence-corrected chi connectivity index (χ2v) is 6.96. The van der Waals surface area contributed by atoms with Crippen molar-refractivity contribution in [1.29, 1.82) is 5.26 Å². The van der Waals surface area contributed by atoms with E-state index in [0.717, 1.165) is 6.08 Å². The maximum atomic E-state index is 11.9. The molecule has 0 fully saturated rings. The van der Waals surface area contributed by atoms with Gasteiger partial charge in [-0.2, -0.15) is 5.26 Å². The number of ether oxygens (including phenoxy) is 3. The first-order valence-electron chi connectivity index (χ1n) is 8.75. The maximum Gasteiger partial charge on any atom is 0.331 e. The minimum absolute atomic E-state index is 0.119. The molecule has 0 aliphatic rings. The Bertz CT molecular complexity index is 820. The second-order valence-electron chi connectivity index (χ2n) is 6.96. The first-order valence-corrected chi connectivity index (χ1v) is 8.75. The van der Waals surface area contributed by atoms with Crippen LogP contribution in [0.5, 0.6) is 11.5 Å². The molecule has 1 aromatic carbocycles. The predicted octanol–water partition coefficient (Wildman–Crippen LogP) is 2.17. The van der Waals surface area contributed by atoms with E-state index in [4.69, 9.17) is 19.5 Å². The molecule has 0 aliphatic heterocycles. The molecule has 0 unspecified atom stereocenters. The lowest BCUT2D eigenvalue weighted by molar-refractivity contribution is -0.149. The zero-order valence-corrected chi connectivity index (χ0v) is 17.1. The molecule has 9 nitrogen and oxygen atoms in total. The normalized spacial score (nSPS) is 11.9. The lowest BCUT2D eigenvalue weighted by Gasteiger charge is -2.21. The Labute approximate surface area is 169 Å². The highest BCUT2D eigenvalue weighted by molar-refractivity contribution is 5.98. The summed E-state index contributed by atoms with van der Waals surface area (Å²) in [6.45, 7) is 6.54. The molecule has 0 radical (unpaired) electrons. The minimum Gasteiger partial charge on any atom is -0.493 e. The summed E-state index contributed by atoms with van der Waals surface area (Å²) in [6, 6.07) is 6.06. The van der Waals surface area contributed by atoms with E-state index in [2.05, 4.69) is 10.6 Å². The highest BCUT2D eigenvalue weighted by Gasteiger charge is 2.21. The maximum absolute atomic E-state index is 11.9. The monoisotopic (exact) mass is 403 g/mol. The van der Waals surface area contributed by atoms with Crippen molar-refractivity contribution < 1.29 is 28.6 Å². The number of urea groups is 1. The number of carbonyl (C=O) groups is 3. The topological polar surface area (TPSA) is 127 Å². The molecule has 0 aliphatic carbocycles. The second kappa shape index (κ2) is 10.7. The van der Waals surface area contributed by atoms with Crippen LogP contribution in [0.2, 0.25) is 0 Å². The van der Waals surface area contributed by atoms with Crippen molar-refractivity contribution in [2.75, 3.05) is 13.7 Å². The van der Waals surface area contributed by atoms with Gasteiger partial charge in [-0.3, -0.25) is 10.1 Å². The number of rotatable bonds is 7. The first kappa shape index (κ1) is 23.5. The molecule has 0 saturated carbocycles. The average molecular weight is 403 g/mol. The molecular formula is C20H25N3O6. The molecule has 0 aromatic heterocycles. The molecule has 1 atom stereocenters. The van der Waals surface area contributed by atoms with Gasteiger partial charge in [0.15, 0.2) is 24.2 Å². The smallest absolute Gasteiger partial charge is 0.331 e. The summed E-state index contributed by atoms with van der Waals surface area (Å²) < 4.78 is 15.4. The van der Waals surface area contributed by atoms with Gasteiger partial charge in [0.2, 0.25) is 0 Å². The Morgan fingerprint density at radius 1 is 1.24 bits per heavy atom. The summed E-state index contributed by atoms with van der Waals surface area (Å²) >= 11 is 0. The molecule has 1 rings (SSSR count). The third-order valence-corrected chi connectivity index (χ3v) is 3.28. The van der Waals surface area contributed by atoms with Crippen molar-refractivity contribution in [2.45, 2.75) is 39.3 Å². The molecule has 0 bridgehead atoms. The van der Waals surface area contributed by atoms with Crippen molar-refractivity contribution in [3.63, 3.8) is 0 Å². The lowest BCUT2D eigenvalue weighted by Crippen LogP contribution is -2.50. The molecule has 3 amide bonds. The summed E-state index contributed by atoms with van der Waals surface area (Å²) in [5.74, 6) is -0.706. The molecule has 156 valence electrons. The number of nitriles is 1. The van der Waals surface area contributed by atoms with Crippen LogP contribution in [0.15, 0.2) is 24.3 Å². The van der Waals surface area contributed by atoms with Crippen LogP contribution in [0.1, 0.15) is 33.3 Å². The van der Waals surface area contributed by atoms with Crippen LogP contribution in [-0.4, -0.2) is 43.3 Å². The third-order valence-electron chi connectivity index (χ3n) is 3.28. The van der Waals surface area contributed by atoms with Crippen LogP contribution >= 0.6 is 0 Å². The molecule has 0 saturated heterocycles. The van der Waals surface area contributed by atoms with E-state index < -0.39 is 29.6 Å². The summed E-state index contributed by atoms with van der Waals surface area (Å²) in [7, 11) is 1.45. The largest absolute Gasteiger partial charge is 0.493 e. The predicted molar refractivity (Wildman–Crippen MR) is 105 cm³/mol. The third kappa shape index (κ3) is 8.79. The van der Waals surface area contributed by atoms with Crippen LogP contribution in [0.3, 0.4) is 0 Å². The van der Waals surface area contributed by atoms with Crippen molar-refractivity contribution in [1.82, 2.24) is 10.6 Å². The van der Waals surface area contributed by atoms with Gasteiger partial charge in [-0.1, -0.05) is 6.07 Å². The molecule has 9 heteroatoms. The van der Waals surface area contributed by atoms with E-state index >= 15 is 0 Å².